The Bertz CT molecular complexity index is 784. The number of nitrogens with zero attached hydrogens (tertiary/aromatic N) is 1. The number of rotatable bonds is 9. The quantitative estimate of drug-likeness (QED) is 0.312. The molecule has 0 saturated carbocycles. The van der Waals surface area contributed by atoms with Crippen molar-refractivity contribution in [1.29, 1.82) is 0 Å². The average molecular weight is 501 g/mol. The number of halogens is 1. The van der Waals surface area contributed by atoms with Gasteiger partial charge in [0.1, 0.15) is 0 Å². The van der Waals surface area contributed by atoms with Crippen LogP contribution in [0.1, 0.15) is 11.1 Å². The summed E-state index contributed by atoms with van der Waals surface area (Å²) >= 11 is 0. The number of ether oxygens (including phenoxy) is 4. The van der Waals surface area contributed by atoms with Crippen molar-refractivity contribution < 1.29 is 18.9 Å². The molecule has 3 N–H and O–H groups in total. The summed E-state index contributed by atoms with van der Waals surface area (Å²) in [6.07, 6.45) is 0.785. The molecular formula is C20H28IN3O4. The number of nitrogens with one attached hydrogen (secondary N) is 1. The molecule has 154 valence electrons. The maximum atomic E-state index is 5.95. The summed E-state index contributed by atoms with van der Waals surface area (Å²) in [6, 6.07) is 11.5. The summed E-state index contributed by atoms with van der Waals surface area (Å²) in [6.45, 7) is 1.12. The molecule has 0 aromatic heterocycles. The maximum absolute atomic E-state index is 5.95. The van der Waals surface area contributed by atoms with Gasteiger partial charge in [-0.05, 0) is 41.8 Å². The highest BCUT2D eigenvalue weighted by atomic mass is 127. The molecule has 0 aliphatic heterocycles. The summed E-state index contributed by atoms with van der Waals surface area (Å²) in [5.41, 5.74) is 8.05. The first-order valence-corrected chi connectivity index (χ1v) is 8.56. The lowest BCUT2D eigenvalue weighted by molar-refractivity contribution is 0.354. The van der Waals surface area contributed by atoms with Crippen molar-refractivity contribution >= 4 is 29.9 Å². The zero-order valence-corrected chi connectivity index (χ0v) is 19.0. The van der Waals surface area contributed by atoms with E-state index in [1.165, 1.54) is 0 Å². The molecule has 28 heavy (non-hydrogen) atoms. The van der Waals surface area contributed by atoms with Gasteiger partial charge >= 0.3 is 0 Å². The Morgan fingerprint density at radius 3 is 1.86 bits per heavy atom. The second kappa shape index (κ2) is 12.2. The Balaban J connectivity index is 0.00000392. The van der Waals surface area contributed by atoms with Gasteiger partial charge in [-0.2, -0.15) is 0 Å². The molecule has 0 unspecified atom stereocenters. The van der Waals surface area contributed by atoms with Gasteiger partial charge in [0.25, 0.3) is 0 Å². The molecule has 0 aliphatic carbocycles. The lowest BCUT2D eigenvalue weighted by atomic mass is 10.1. The standard InChI is InChI=1S/C20H27N3O4.HI/c1-24-16-7-5-14(11-18(16)26-3)9-10-22-20(21)23-13-15-6-8-17(25-2)19(12-15)27-4;/h5-8,11-12H,9-10,13H2,1-4H3,(H3,21,22,23);1H. The van der Waals surface area contributed by atoms with Gasteiger partial charge in [-0.3, -0.25) is 0 Å². The minimum atomic E-state index is 0. The van der Waals surface area contributed by atoms with Crippen LogP contribution in [0.3, 0.4) is 0 Å². The molecule has 0 aliphatic rings. The Hall–Kier alpha value is -2.36. The third kappa shape index (κ3) is 6.66. The van der Waals surface area contributed by atoms with E-state index in [4.69, 9.17) is 24.7 Å². The van der Waals surface area contributed by atoms with Crippen LogP contribution in [0.25, 0.3) is 0 Å². The SMILES string of the molecule is COc1ccc(CCNC(N)=NCc2ccc(OC)c(OC)c2)cc1OC.I. The number of methoxy groups -OCH3 is 4. The predicted octanol–water partition coefficient (Wildman–Crippen LogP) is 2.99. The van der Waals surface area contributed by atoms with E-state index in [-0.39, 0.29) is 24.0 Å². The molecule has 0 saturated heterocycles. The number of aliphatic imine (C=N–C) groups is 1. The van der Waals surface area contributed by atoms with Crippen LogP contribution in [-0.2, 0) is 13.0 Å². The molecule has 0 heterocycles. The van der Waals surface area contributed by atoms with E-state index < -0.39 is 0 Å². The van der Waals surface area contributed by atoms with Crippen molar-refractivity contribution in [3.05, 3.63) is 47.5 Å². The van der Waals surface area contributed by atoms with Gasteiger partial charge in [0.2, 0.25) is 0 Å². The van der Waals surface area contributed by atoms with E-state index >= 15 is 0 Å². The molecule has 2 aromatic rings. The van der Waals surface area contributed by atoms with Gasteiger partial charge in [-0.1, -0.05) is 12.1 Å². The zero-order valence-electron chi connectivity index (χ0n) is 16.7. The summed E-state index contributed by atoms with van der Waals surface area (Å²) in [5, 5.41) is 3.12. The van der Waals surface area contributed by atoms with Crippen molar-refractivity contribution in [2.75, 3.05) is 35.0 Å². The number of nitrogens with two attached hydrogens (primary N) is 1. The highest BCUT2D eigenvalue weighted by molar-refractivity contribution is 14.0. The van der Waals surface area contributed by atoms with E-state index in [1.54, 1.807) is 28.4 Å². The number of benzene rings is 2. The number of guanidine groups is 1. The van der Waals surface area contributed by atoms with E-state index in [2.05, 4.69) is 10.3 Å². The fourth-order valence-electron chi connectivity index (χ4n) is 2.58. The minimum Gasteiger partial charge on any atom is -0.493 e. The van der Waals surface area contributed by atoms with E-state index in [0.717, 1.165) is 17.5 Å². The lowest BCUT2D eigenvalue weighted by Gasteiger charge is -2.11. The first-order valence-electron chi connectivity index (χ1n) is 8.56. The Morgan fingerprint density at radius 2 is 1.32 bits per heavy atom. The molecule has 2 aromatic carbocycles. The first kappa shape index (κ1) is 23.7. The second-order valence-corrected chi connectivity index (χ2v) is 5.76. The molecule has 0 bridgehead atoms. The molecule has 2 rings (SSSR count). The van der Waals surface area contributed by atoms with Gasteiger partial charge in [-0.25, -0.2) is 4.99 Å². The Kier molecular flexibility index (Phi) is 10.3. The van der Waals surface area contributed by atoms with Crippen LogP contribution in [0.5, 0.6) is 23.0 Å². The largest absolute Gasteiger partial charge is 0.493 e. The summed E-state index contributed by atoms with van der Waals surface area (Å²) in [7, 11) is 6.46. The molecule has 8 heteroatoms. The van der Waals surface area contributed by atoms with Crippen molar-refractivity contribution in [3.63, 3.8) is 0 Å². The molecule has 0 fully saturated rings. The molecule has 0 radical (unpaired) electrons. The summed E-state index contributed by atoms with van der Waals surface area (Å²) < 4.78 is 21.1. The summed E-state index contributed by atoms with van der Waals surface area (Å²) in [4.78, 5) is 4.36. The summed E-state index contributed by atoms with van der Waals surface area (Å²) in [5.74, 6) is 3.18. The second-order valence-electron chi connectivity index (χ2n) is 5.76. The van der Waals surface area contributed by atoms with Crippen LogP contribution < -0.4 is 30.0 Å². The zero-order chi connectivity index (χ0) is 19.6. The fraction of sp³-hybridized carbons (Fsp3) is 0.350. The minimum absolute atomic E-state index is 0. The van der Waals surface area contributed by atoms with Crippen LogP contribution in [-0.4, -0.2) is 40.9 Å². The van der Waals surface area contributed by atoms with E-state index in [0.29, 0.717) is 42.0 Å². The van der Waals surface area contributed by atoms with Crippen LogP contribution in [0.2, 0.25) is 0 Å². The highest BCUT2D eigenvalue weighted by Gasteiger charge is 2.05. The molecular weight excluding hydrogens is 473 g/mol. The van der Waals surface area contributed by atoms with Crippen LogP contribution >= 0.6 is 24.0 Å². The maximum Gasteiger partial charge on any atom is 0.188 e. The highest BCUT2D eigenvalue weighted by Crippen LogP contribution is 2.28. The van der Waals surface area contributed by atoms with Crippen LogP contribution in [0, 0.1) is 0 Å². The first-order chi connectivity index (χ1) is 13.1. The van der Waals surface area contributed by atoms with E-state index in [1.807, 2.05) is 36.4 Å². The average Bonchev–Trinajstić information content (AvgIpc) is 2.71. The van der Waals surface area contributed by atoms with E-state index in [9.17, 15) is 0 Å². The Labute approximate surface area is 183 Å². The monoisotopic (exact) mass is 501 g/mol. The molecule has 0 atom stereocenters. The van der Waals surface area contributed by atoms with Gasteiger partial charge in [0.15, 0.2) is 29.0 Å². The Morgan fingerprint density at radius 1 is 0.821 bits per heavy atom. The molecule has 7 nitrogen and oxygen atoms in total. The molecule has 0 spiro atoms. The van der Waals surface area contributed by atoms with Crippen LogP contribution in [0.4, 0.5) is 0 Å². The lowest BCUT2D eigenvalue weighted by Crippen LogP contribution is -2.33. The third-order valence-electron chi connectivity index (χ3n) is 4.05. The fourth-order valence-corrected chi connectivity index (χ4v) is 2.58. The van der Waals surface area contributed by atoms with Gasteiger partial charge in [0.05, 0.1) is 35.0 Å². The van der Waals surface area contributed by atoms with Crippen molar-refractivity contribution in [2.24, 2.45) is 10.7 Å². The number of hydrogen-bond donors (Lipinski definition) is 2. The molecule has 0 amide bonds. The van der Waals surface area contributed by atoms with Crippen molar-refractivity contribution in [2.45, 2.75) is 13.0 Å². The van der Waals surface area contributed by atoms with Gasteiger partial charge < -0.3 is 30.0 Å². The normalized spacial score (nSPS) is 10.6. The van der Waals surface area contributed by atoms with Crippen LogP contribution in [0.15, 0.2) is 41.4 Å². The van der Waals surface area contributed by atoms with Gasteiger partial charge in [-0.15, -0.1) is 24.0 Å². The van der Waals surface area contributed by atoms with Crippen molar-refractivity contribution in [1.82, 2.24) is 5.32 Å². The predicted molar refractivity (Wildman–Crippen MR) is 122 cm³/mol. The number of hydrogen-bond acceptors (Lipinski definition) is 5. The smallest absolute Gasteiger partial charge is 0.188 e. The third-order valence-corrected chi connectivity index (χ3v) is 4.05. The van der Waals surface area contributed by atoms with Gasteiger partial charge in [0, 0.05) is 6.54 Å². The van der Waals surface area contributed by atoms with Crippen molar-refractivity contribution in [3.8, 4) is 23.0 Å². The topological polar surface area (TPSA) is 87.3 Å².